The van der Waals surface area contributed by atoms with E-state index >= 15 is 0 Å². The van der Waals surface area contributed by atoms with E-state index in [1.807, 2.05) is 0 Å². The van der Waals surface area contributed by atoms with Gasteiger partial charge in [-0.05, 0) is 41.4 Å². The third kappa shape index (κ3) is 3.43. The van der Waals surface area contributed by atoms with Gasteiger partial charge in [0.2, 0.25) is 0 Å². The minimum absolute atomic E-state index is 0.0270. The summed E-state index contributed by atoms with van der Waals surface area (Å²) >= 11 is 2.12. The number of rotatable bonds is 2. The molecule has 1 aliphatic carbocycles. The summed E-state index contributed by atoms with van der Waals surface area (Å²) in [5, 5.41) is 0. The molecule has 3 nitrogen and oxygen atoms in total. The van der Waals surface area contributed by atoms with Crippen LogP contribution >= 0.6 is 22.6 Å². The molecule has 0 aromatic carbocycles. The maximum absolute atomic E-state index is 12.2. The second-order valence-electron chi connectivity index (χ2n) is 7.00. The molecule has 2 atom stereocenters. The summed E-state index contributed by atoms with van der Waals surface area (Å²) in [5.41, 5.74) is 0.882. The smallest absolute Gasteiger partial charge is 0.264 e. The number of hydrogen-bond donors (Lipinski definition) is 1. The van der Waals surface area contributed by atoms with Crippen molar-refractivity contribution < 1.29 is 0 Å². The van der Waals surface area contributed by atoms with Gasteiger partial charge in [-0.1, -0.05) is 47.0 Å². The lowest BCUT2D eigenvalue weighted by Gasteiger charge is -2.29. The number of H-pyrrole nitrogens is 1. The summed E-state index contributed by atoms with van der Waals surface area (Å²) in [6.07, 6.45) is 6.14. The van der Waals surface area contributed by atoms with Crippen LogP contribution in [0.3, 0.4) is 0 Å². The minimum Gasteiger partial charge on any atom is -0.309 e. The van der Waals surface area contributed by atoms with Crippen LogP contribution in [0.2, 0.25) is 0 Å². The lowest BCUT2D eigenvalue weighted by atomic mass is 9.79. The Morgan fingerprint density at radius 1 is 1.35 bits per heavy atom. The molecule has 4 heteroatoms. The average molecular weight is 388 g/mol. The fourth-order valence-corrected chi connectivity index (χ4v) is 4.14. The Morgan fingerprint density at radius 2 is 2.05 bits per heavy atom. The molecular formula is C16H25IN2O. The van der Waals surface area contributed by atoms with Gasteiger partial charge in [0.15, 0.2) is 0 Å². The highest BCUT2D eigenvalue weighted by Crippen LogP contribution is 2.36. The molecule has 1 fully saturated rings. The summed E-state index contributed by atoms with van der Waals surface area (Å²) in [6.45, 7) is 8.63. The van der Waals surface area contributed by atoms with Gasteiger partial charge in [-0.3, -0.25) is 4.79 Å². The standard InChI is InChI=1S/C16H25IN2O/c1-5-10-7-6-8-11(9-10)14-18-13(16(2,3)4)12(17)15(20)19-14/h10-11H,5-9H2,1-4H3,(H,18,19,20). The number of aromatic nitrogens is 2. The van der Waals surface area contributed by atoms with Gasteiger partial charge in [-0.15, -0.1) is 0 Å². The number of nitrogens with zero attached hydrogens (tertiary/aromatic N) is 1. The van der Waals surface area contributed by atoms with E-state index in [-0.39, 0.29) is 11.0 Å². The third-order valence-corrected chi connectivity index (χ3v) is 5.34. The van der Waals surface area contributed by atoms with E-state index in [0.29, 0.717) is 5.92 Å². The van der Waals surface area contributed by atoms with Gasteiger partial charge in [0.25, 0.3) is 5.56 Å². The number of nitrogens with one attached hydrogen (secondary N) is 1. The van der Waals surface area contributed by atoms with E-state index in [4.69, 9.17) is 4.98 Å². The molecule has 1 aliphatic rings. The molecule has 0 spiro atoms. The van der Waals surface area contributed by atoms with E-state index < -0.39 is 0 Å². The molecular weight excluding hydrogens is 363 g/mol. The highest BCUT2D eigenvalue weighted by atomic mass is 127. The number of halogens is 1. The highest BCUT2D eigenvalue weighted by Gasteiger charge is 2.27. The van der Waals surface area contributed by atoms with Gasteiger partial charge in [-0.2, -0.15) is 0 Å². The van der Waals surface area contributed by atoms with E-state index in [0.717, 1.165) is 27.4 Å². The monoisotopic (exact) mass is 388 g/mol. The zero-order valence-electron chi connectivity index (χ0n) is 12.9. The summed E-state index contributed by atoms with van der Waals surface area (Å²) < 4.78 is 0.738. The SMILES string of the molecule is CCC1CCCC(c2nc(C(C)(C)C)c(I)c(=O)[nH]2)C1. The predicted octanol–water partition coefficient (Wildman–Crippen LogP) is 4.36. The minimum atomic E-state index is -0.0850. The average Bonchev–Trinajstić information content (AvgIpc) is 2.40. The predicted molar refractivity (Wildman–Crippen MR) is 91.3 cm³/mol. The third-order valence-electron chi connectivity index (χ3n) is 4.34. The molecule has 0 saturated heterocycles. The second kappa shape index (κ2) is 6.16. The van der Waals surface area contributed by atoms with E-state index in [9.17, 15) is 4.79 Å². The Kier molecular flexibility index (Phi) is 4.92. The van der Waals surface area contributed by atoms with Gasteiger partial charge >= 0.3 is 0 Å². The van der Waals surface area contributed by atoms with Crippen molar-refractivity contribution in [3.05, 3.63) is 25.4 Å². The van der Waals surface area contributed by atoms with Gasteiger partial charge in [-0.25, -0.2) is 4.98 Å². The fraction of sp³-hybridized carbons (Fsp3) is 0.750. The molecule has 2 unspecified atom stereocenters. The first-order valence-corrected chi connectivity index (χ1v) is 8.71. The molecule has 0 radical (unpaired) electrons. The summed E-state index contributed by atoms with van der Waals surface area (Å²) in [7, 11) is 0. The van der Waals surface area contributed by atoms with E-state index in [1.165, 1.54) is 25.7 Å². The molecule has 0 aliphatic heterocycles. The Hall–Kier alpha value is -0.390. The van der Waals surface area contributed by atoms with Crippen LogP contribution in [0.1, 0.15) is 77.2 Å². The Bertz CT molecular complexity index is 530. The van der Waals surface area contributed by atoms with Crippen molar-refractivity contribution in [2.45, 2.75) is 71.1 Å². The van der Waals surface area contributed by atoms with Crippen molar-refractivity contribution in [2.24, 2.45) is 5.92 Å². The summed E-state index contributed by atoms with van der Waals surface area (Å²) in [6, 6.07) is 0. The summed E-state index contributed by atoms with van der Waals surface area (Å²) in [5.74, 6) is 2.13. The van der Waals surface area contributed by atoms with Crippen molar-refractivity contribution in [3.8, 4) is 0 Å². The zero-order chi connectivity index (χ0) is 14.9. The van der Waals surface area contributed by atoms with Crippen molar-refractivity contribution in [2.75, 3.05) is 0 Å². The maximum Gasteiger partial charge on any atom is 0.264 e. The lowest BCUT2D eigenvalue weighted by molar-refractivity contribution is 0.305. The van der Waals surface area contributed by atoms with Crippen molar-refractivity contribution >= 4 is 22.6 Å². The van der Waals surface area contributed by atoms with E-state index in [2.05, 4.69) is 55.3 Å². The molecule has 1 saturated carbocycles. The molecule has 1 heterocycles. The molecule has 112 valence electrons. The summed E-state index contributed by atoms with van der Waals surface area (Å²) in [4.78, 5) is 20.1. The van der Waals surface area contributed by atoms with Crippen LogP contribution < -0.4 is 5.56 Å². The first-order chi connectivity index (χ1) is 9.32. The number of aromatic amines is 1. The van der Waals surface area contributed by atoms with Crippen LogP contribution in [-0.4, -0.2) is 9.97 Å². The van der Waals surface area contributed by atoms with Gasteiger partial charge in [0.05, 0.1) is 5.69 Å². The lowest BCUT2D eigenvalue weighted by Crippen LogP contribution is -2.27. The molecule has 1 aromatic heterocycles. The quantitative estimate of drug-likeness (QED) is 0.766. The molecule has 0 amide bonds. The largest absolute Gasteiger partial charge is 0.309 e. The Labute approximate surface area is 135 Å². The molecule has 1 aromatic rings. The fourth-order valence-electron chi connectivity index (χ4n) is 3.08. The van der Waals surface area contributed by atoms with Gasteiger partial charge in [0.1, 0.15) is 9.39 Å². The van der Waals surface area contributed by atoms with Crippen LogP contribution in [-0.2, 0) is 5.41 Å². The van der Waals surface area contributed by atoms with E-state index in [1.54, 1.807) is 0 Å². The first-order valence-electron chi connectivity index (χ1n) is 7.63. The zero-order valence-corrected chi connectivity index (χ0v) is 15.1. The highest BCUT2D eigenvalue weighted by molar-refractivity contribution is 14.1. The van der Waals surface area contributed by atoms with Crippen molar-refractivity contribution in [1.29, 1.82) is 0 Å². The first kappa shape index (κ1) is 16.0. The maximum atomic E-state index is 12.2. The van der Waals surface area contributed by atoms with Gasteiger partial charge < -0.3 is 4.98 Å². The normalized spacial score (nSPS) is 23.9. The molecule has 0 bridgehead atoms. The van der Waals surface area contributed by atoms with Crippen molar-refractivity contribution in [3.63, 3.8) is 0 Å². The van der Waals surface area contributed by atoms with Crippen LogP contribution in [0, 0.1) is 9.49 Å². The second-order valence-corrected chi connectivity index (χ2v) is 8.08. The van der Waals surface area contributed by atoms with Crippen LogP contribution in [0.4, 0.5) is 0 Å². The van der Waals surface area contributed by atoms with Crippen LogP contribution in [0.5, 0.6) is 0 Å². The van der Waals surface area contributed by atoms with Crippen LogP contribution in [0.25, 0.3) is 0 Å². The topological polar surface area (TPSA) is 45.8 Å². The number of hydrogen-bond acceptors (Lipinski definition) is 2. The molecule has 20 heavy (non-hydrogen) atoms. The Balaban J connectivity index is 2.38. The van der Waals surface area contributed by atoms with Crippen LogP contribution in [0.15, 0.2) is 4.79 Å². The molecule has 1 N–H and O–H groups in total. The molecule has 2 rings (SSSR count). The van der Waals surface area contributed by atoms with Crippen molar-refractivity contribution in [1.82, 2.24) is 9.97 Å². The Morgan fingerprint density at radius 3 is 2.65 bits per heavy atom. The van der Waals surface area contributed by atoms with Gasteiger partial charge in [0, 0.05) is 11.3 Å².